The van der Waals surface area contributed by atoms with Gasteiger partial charge in [-0.25, -0.2) is 8.42 Å². The van der Waals surface area contributed by atoms with Crippen molar-refractivity contribution in [3.63, 3.8) is 0 Å². The van der Waals surface area contributed by atoms with Gasteiger partial charge in [-0.05, 0) is 80.7 Å². The molecule has 0 unspecified atom stereocenters. The lowest BCUT2D eigenvalue weighted by Crippen LogP contribution is -2.58. The van der Waals surface area contributed by atoms with Crippen LogP contribution in [0.2, 0.25) is 0 Å². The number of allylic oxidation sites excluding steroid dienone is 1. The smallest absolute Gasteiger partial charge is 0.234 e. The summed E-state index contributed by atoms with van der Waals surface area (Å²) in [4.78, 5) is 12.1. The number of nitrogens with two attached hydrogens (primary N) is 2. The van der Waals surface area contributed by atoms with E-state index in [1.807, 2.05) is 13.0 Å². The molecule has 0 heterocycles. The predicted molar refractivity (Wildman–Crippen MR) is 117 cm³/mol. The van der Waals surface area contributed by atoms with Gasteiger partial charge in [0.05, 0.1) is 17.2 Å². The van der Waals surface area contributed by atoms with Gasteiger partial charge in [-0.2, -0.15) is 0 Å². The third-order valence-corrected chi connectivity index (χ3v) is 8.75. The molecule has 1 amide bonds. The van der Waals surface area contributed by atoms with E-state index in [1.54, 1.807) is 24.3 Å². The second-order valence-corrected chi connectivity index (χ2v) is 10.7. The molecule has 4 rings (SSSR count). The van der Waals surface area contributed by atoms with Crippen molar-refractivity contribution in [1.82, 2.24) is 5.32 Å². The Kier molecular flexibility index (Phi) is 6.89. The maximum absolute atomic E-state index is 13.1. The van der Waals surface area contributed by atoms with Crippen molar-refractivity contribution in [2.45, 2.75) is 55.9 Å². The van der Waals surface area contributed by atoms with Gasteiger partial charge in [0.25, 0.3) is 0 Å². The van der Waals surface area contributed by atoms with E-state index in [9.17, 15) is 13.2 Å². The molecule has 3 fully saturated rings. The number of ether oxygens (including phenoxy) is 1. The van der Waals surface area contributed by atoms with Gasteiger partial charge in [-0.1, -0.05) is 6.08 Å². The average molecular weight is 436 g/mol. The molecule has 0 spiro atoms. The van der Waals surface area contributed by atoms with Gasteiger partial charge in [-0.15, -0.1) is 0 Å². The van der Waals surface area contributed by atoms with E-state index in [0.29, 0.717) is 23.8 Å². The Morgan fingerprint density at radius 3 is 2.17 bits per heavy atom. The molecule has 0 aliphatic heterocycles. The lowest BCUT2D eigenvalue weighted by atomic mass is 9.58. The molecule has 0 radical (unpaired) electrons. The number of rotatable bonds is 9. The summed E-state index contributed by atoms with van der Waals surface area (Å²) in [6.07, 6.45) is 6.79. The van der Waals surface area contributed by atoms with E-state index in [-0.39, 0.29) is 29.2 Å². The van der Waals surface area contributed by atoms with Crippen molar-refractivity contribution >= 4 is 15.7 Å². The van der Waals surface area contributed by atoms with E-state index < -0.39 is 9.84 Å². The summed E-state index contributed by atoms with van der Waals surface area (Å²) in [6.45, 7) is 2.73. The monoisotopic (exact) mass is 435 g/mol. The highest BCUT2D eigenvalue weighted by atomic mass is 32.2. The number of hydrogen-bond acceptors (Lipinski definition) is 6. The van der Waals surface area contributed by atoms with Crippen LogP contribution in [0, 0.1) is 5.41 Å². The molecule has 30 heavy (non-hydrogen) atoms. The molecule has 1 aromatic rings. The standard InChI is InChI=1S/C22H33N3O4S/c1-2-17(13-23)15-29-18-3-5-19(6-4-18)30(27,28)16-21-7-10-22(11-8-21,12-9-21)25-20(26)14-24/h2-6H,7-16,23-24H2,1H3,(H,25,26)/b17-2+. The van der Waals surface area contributed by atoms with E-state index in [2.05, 4.69) is 5.32 Å². The van der Waals surface area contributed by atoms with Gasteiger partial charge in [0.2, 0.25) is 5.91 Å². The SMILES string of the molecule is C/C=C(\CN)COc1ccc(S(=O)(=O)CC23CCC(NC(=O)CN)(CC2)CC3)cc1. The number of carbonyl (C=O) groups is 1. The maximum atomic E-state index is 13.1. The first kappa shape index (κ1) is 22.8. The maximum Gasteiger partial charge on any atom is 0.234 e. The average Bonchev–Trinajstić information content (AvgIpc) is 2.75. The van der Waals surface area contributed by atoms with E-state index >= 15 is 0 Å². The summed E-state index contributed by atoms with van der Waals surface area (Å²) in [5, 5.41) is 3.08. The van der Waals surface area contributed by atoms with Crippen LogP contribution in [-0.2, 0) is 14.6 Å². The quantitative estimate of drug-likeness (QED) is 0.509. The van der Waals surface area contributed by atoms with Crippen LogP contribution in [0.4, 0.5) is 0 Å². The number of nitrogens with one attached hydrogen (secondary N) is 1. The molecule has 166 valence electrons. The van der Waals surface area contributed by atoms with Crippen LogP contribution < -0.4 is 21.5 Å². The van der Waals surface area contributed by atoms with Crippen molar-refractivity contribution in [3.8, 4) is 5.75 Å². The van der Waals surface area contributed by atoms with Crippen LogP contribution in [0.5, 0.6) is 5.75 Å². The molecule has 8 heteroatoms. The van der Waals surface area contributed by atoms with Crippen LogP contribution in [0.3, 0.4) is 0 Å². The van der Waals surface area contributed by atoms with Crippen LogP contribution >= 0.6 is 0 Å². The third kappa shape index (κ3) is 5.04. The lowest BCUT2D eigenvalue weighted by molar-refractivity contribution is -0.123. The van der Waals surface area contributed by atoms with Gasteiger partial charge in [0.1, 0.15) is 12.4 Å². The van der Waals surface area contributed by atoms with Crippen LogP contribution in [-0.4, -0.2) is 45.3 Å². The van der Waals surface area contributed by atoms with Gasteiger partial charge in [0.15, 0.2) is 9.84 Å². The molecule has 3 aliphatic carbocycles. The van der Waals surface area contributed by atoms with Crippen LogP contribution in [0.1, 0.15) is 45.4 Å². The zero-order valence-electron chi connectivity index (χ0n) is 17.7. The van der Waals surface area contributed by atoms with Gasteiger partial charge >= 0.3 is 0 Å². The number of benzene rings is 1. The van der Waals surface area contributed by atoms with Gasteiger partial charge < -0.3 is 21.5 Å². The molecule has 3 aliphatic rings. The largest absolute Gasteiger partial charge is 0.489 e. The molecule has 2 bridgehead atoms. The van der Waals surface area contributed by atoms with Crippen molar-refractivity contribution in [2.75, 3.05) is 25.4 Å². The predicted octanol–water partition coefficient (Wildman–Crippen LogP) is 1.91. The Morgan fingerprint density at radius 1 is 1.07 bits per heavy atom. The number of fused-ring (bicyclic) bond motifs is 3. The minimum atomic E-state index is -3.40. The number of sulfone groups is 1. The fraction of sp³-hybridized carbons (Fsp3) is 0.591. The van der Waals surface area contributed by atoms with Crippen molar-refractivity contribution in [1.29, 1.82) is 0 Å². The second kappa shape index (κ2) is 9.08. The molecule has 3 saturated carbocycles. The Morgan fingerprint density at radius 2 is 1.67 bits per heavy atom. The second-order valence-electron chi connectivity index (χ2n) is 8.70. The minimum Gasteiger partial charge on any atom is -0.489 e. The first-order chi connectivity index (χ1) is 14.3. The molecule has 0 aromatic heterocycles. The van der Waals surface area contributed by atoms with E-state index in [0.717, 1.165) is 44.1 Å². The van der Waals surface area contributed by atoms with Crippen molar-refractivity contribution in [3.05, 3.63) is 35.9 Å². The fourth-order valence-electron chi connectivity index (χ4n) is 4.68. The van der Waals surface area contributed by atoms with E-state index in [1.165, 1.54) is 0 Å². The minimum absolute atomic E-state index is 0.0107. The molecule has 0 saturated heterocycles. The first-order valence-electron chi connectivity index (χ1n) is 10.6. The van der Waals surface area contributed by atoms with Gasteiger partial charge in [-0.3, -0.25) is 4.79 Å². The summed E-state index contributed by atoms with van der Waals surface area (Å²) < 4.78 is 31.9. The number of carbonyl (C=O) groups excluding carboxylic acids is 1. The number of hydrogen-bond donors (Lipinski definition) is 3. The molecule has 5 N–H and O–H groups in total. The Balaban J connectivity index is 1.63. The normalized spacial score (nSPS) is 26.4. The summed E-state index contributed by atoms with van der Waals surface area (Å²) in [5.41, 5.74) is 11.7. The summed E-state index contributed by atoms with van der Waals surface area (Å²) in [5.74, 6) is 0.639. The first-order valence-corrected chi connectivity index (χ1v) is 12.2. The zero-order valence-corrected chi connectivity index (χ0v) is 18.5. The summed E-state index contributed by atoms with van der Waals surface area (Å²) in [6, 6.07) is 6.64. The Labute approximate surface area is 179 Å². The molecule has 1 aromatic carbocycles. The molecule has 0 atom stereocenters. The highest BCUT2D eigenvalue weighted by Crippen LogP contribution is 2.53. The summed E-state index contributed by atoms with van der Waals surface area (Å²) >= 11 is 0. The highest BCUT2D eigenvalue weighted by Gasteiger charge is 2.50. The number of amides is 1. The van der Waals surface area contributed by atoms with E-state index in [4.69, 9.17) is 16.2 Å². The zero-order chi connectivity index (χ0) is 21.8. The fourth-order valence-corrected chi connectivity index (χ4v) is 6.64. The van der Waals surface area contributed by atoms with Crippen LogP contribution in [0.25, 0.3) is 0 Å². The Hall–Kier alpha value is -1.90. The summed E-state index contributed by atoms with van der Waals surface area (Å²) in [7, 11) is -3.40. The van der Waals surface area contributed by atoms with Crippen molar-refractivity contribution in [2.24, 2.45) is 16.9 Å². The molecule has 7 nitrogen and oxygen atoms in total. The highest BCUT2D eigenvalue weighted by molar-refractivity contribution is 7.91. The van der Waals surface area contributed by atoms with Gasteiger partial charge in [0, 0.05) is 12.1 Å². The molecular weight excluding hydrogens is 402 g/mol. The van der Waals surface area contributed by atoms with Crippen molar-refractivity contribution < 1.29 is 17.9 Å². The molecular formula is C22H33N3O4S. The topological polar surface area (TPSA) is 125 Å². The van der Waals surface area contributed by atoms with Crippen LogP contribution in [0.15, 0.2) is 40.8 Å². The Bertz CT molecular complexity index is 869. The third-order valence-electron chi connectivity index (χ3n) is 6.77. The lowest BCUT2D eigenvalue weighted by Gasteiger charge is -2.53.